The summed E-state index contributed by atoms with van der Waals surface area (Å²) in [7, 11) is -4.67. The summed E-state index contributed by atoms with van der Waals surface area (Å²) in [6.45, 7) is 5.10. The van der Waals surface area contributed by atoms with Gasteiger partial charge in [-0.2, -0.15) is 8.42 Å². The first-order valence-electron chi connectivity index (χ1n) is 7.29. The lowest BCUT2D eigenvalue weighted by Crippen LogP contribution is -2.47. The predicted octanol–water partition coefficient (Wildman–Crippen LogP) is -0.0289. The molecule has 0 aromatic carbocycles. The van der Waals surface area contributed by atoms with Gasteiger partial charge < -0.3 is 15.2 Å². The number of rotatable bonds is 3. The molecule has 1 aliphatic rings. The number of carbonyl (C=O) groups excluding carboxylic acids is 1. The van der Waals surface area contributed by atoms with Crippen molar-refractivity contribution in [3.63, 3.8) is 0 Å². The Bertz CT molecular complexity index is 843. The van der Waals surface area contributed by atoms with Crippen LogP contribution in [-0.2, 0) is 15.2 Å². The molecule has 1 fully saturated rings. The first kappa shape index (κ1) is 18.8. The van der Waals surface area contributed by atoms with Crippen LogP contribution in [0, 0.1) is 0 Å². The second-order valence-corrected chi connectivity index (χ2v) is 6.14. The van der Waals surface area contributed by atoms with Gasteiger partial charge in [0, 0.05) is 19.1 Å². The number of hydrogen-bond donors (Lipinski definition) is 4. The number of anilines is 1. The first-order valence-corrected chi connectivity index (χ1v) is 8.69. The molecular formula is C13H18N6O5S. The molecule has 11 nitrogen and oxygen atoms in total. The van der Waals surface area contributed by atoms with Gasteiger partial charge in [-0.25, -0.2) is 15.0 Å². The fourth-order valence-electron chi connectivity index (χ4n) is 2.53. The van der Waals surface area contributed by atoms with Gasteiger partial charge in [-0.3, -0.25) is 13.9 Å². The van der Waals surface area contributed by atoms with Crippen LogP contribution in [0.4, 0.5) is 5.82 Å². The molecule has 1 saturated heterocycles. The second kappa shape index (κ2) is 8.00. The molecule has 0 spiro atoms. The largest absolute Gasteiger partial charge is 0.394 e. The Morgan fingerprint density at radius 1 is 1.40 bits per heavy atom. The van der Waals surface area contributed by atoms with Crippen LogP contribution < -0.4 is 10.2 Å². The van der Waals surface area contributed by atoms with E-state index in [2.05, 4.69) is 36.7 Å². The fourth-order valence-corrected chi connectivity index (χ4v) is 2.53. The second-order valence-electron chi connectivity index (χ2n) is 5.24. The van der Waals surface area contributed by atoms with E-state index in [9.17, 15) is 4.79 Å². The quantitative estimate of drug-likeness (QED) is 0.429. The molecule has 0 bridgehead atoms. The van der Waals surface area contributed by atoms with Gasteiger partial charge in [-0.15, -0.1) is 0 Å². The maximum absolute atomic E-state index is 11.4. The van der Waals surface area contributed by atoms with Crippen molar-refractivity contribution in [2.45, 2.75) is 18.9 Å². The zero-order valence-electron chi connectivity index (χ0n) is 13.2. The molecule has 3 rings (SSSR count). The Morgan fingerprint density at radius 2 is 2.12 bits per heavy atom. The first-order chi connectivity index (χ1) is 11.8. The predicted molar refractivity (Wildman–Crippen MR) is 89.4 cm³/mol. The minimum atomic E-state index is -4.67. The zero-order valence-corrected chi connectivity index (χ0v) is 14.0. The van der Waals surface area contributed by atoms with Gasteiger partial charge >= 0.3 is 10.4 Å². The van der Waals surface area contributed by atoms with E-state index in [-0.39, 0.29) is 11.9 Å². The molecule has 25 heavy (non-hydrogen) atoms. The minimum absolute atomic E-state index is 0.109. The highest BCUT2D eigenvalue weighted by atomic mass is 32.3. The molecule has 12 heteroatoms. The van der Waals surface area contributed by atoms with Crippen LogP contribution in [0.1, 0.15) is 12.8 Å². The Kier molecular flexibility index (Phi) is 6.01. The van der Waals surface area contributed by atoms with Crippen LogP contribution in [0.2, 0.25) is 0 Å². The number of hydrogen-bond acceptors (Lipinski definition) is 7. The lowest BCUT2D eigenvalue weighted by Gasteiger charge is -2.33. The smallest absolute Gasteiger partial charge is 0.353 e. The van der Waals surface area contributed by atoms with Crippen LogP contribution in [0.25, 0.3) is 11.2 Å². The normalized spacial score (nSPS) is 17.5. The number of nitrogens with zero attached hydrogens (tertiary/aromatic N) is 4. The molecule has 1 amide bonds. The van der Waals surface area contributed by atoms with Gasteiger partial charge in [0.05, 0.1) is 6.33 Å². The van der Waals surface area contributed by atoms with Crippen LogP contribution in [0.15, 0.2) is 25.3 Å². The minimum Gasteiger partial charge on any atom is -0.353 e. The molecule has 136 valence electrons. The van der Waals surface area contributed by atoms with Crippen LogP contribution in [0.3, 0.4) is 0 Å². The zero-order chi connectivity index (χ0) is 18.4. The molecule has 0 aliphatic carbocycles. The lowest BCUT2D eigenvalue weighted by atomic mass is 10.1. The Morgan fingerprint density at radius 3 is 2.80 bits per heavy atom. The highest BCUT2D eigenvalue weighted by molar-refractivity contribution is 7.79. The van der Waals surface area contributed by atoms with Crippen LogP contribution >= 0.6 is 0 Å². The molecule has 0 radical (unpaired) electrons. The van der Waals surface area contributed by atoms with E-state index < -0.39 is 10.4 Å². The van der Waals surface area contributed by atoms with Crippen molar-refractivity contribution in [3.8, 4) is 0 Å². The summed E-state index contributed by atoms with van der Waals surface area (Å²) in [6, 6.07) is 0.109. The van der Waals surface area contributed by atoms with Gasteiger partial charge in [0.15, 0.2) is 11.5 Å². The van der Waals surface area contributed by atoms with E-state index in [4.69, 9.17) is 17.5 Å². The van der Waals surface area contributed by atoms with Crippen molar-refractivity contribution >= 4 is 33.3 Å². The van der Waals surface area contributed by atoms with Crippen LogP contribution in [0.5, 0.6) is 0 Å². The summed E-state index contributed by atoms with van der Waals surface area (Å²) in [5.74, 6) is 0.679. The van der Waals surface area contributed by atoms with Crippen molar-refractivity contribution < 1.29 is 22.3 Å². The average molecular weight is 370 g/mol. The highest BCUT2D eigenvalue weighted by Gasteiger charge is 2.23. The fraction of sp³-hybridized carbons (Fsp3) is 0.385. The summed E-state index contributed by atoms with van der Waals surface area (Å²) in [5.41, 5.74) is 1.50. The number of aromatic nitrogens is 4. The number of fused-ring (bicyclic) bond motifs is 1. The number of nitrogens with one attached hydrogen (secondary N) is 2. The Hall–Kier alpha value is -2.57. The van der Waals surface area contributed by atoms with Crippen LogP contribution in [-0.4, -0.2) is 62.5 Å². The third kappa shape index (κ3) is 5.77. The van der Waals surface area contributed by atoms with Crippen molar-refractivity contribution in [1.29, 1.82) is 0 Å². The number of piperidine rings is 1. The number of carbonyl (C=O) groups is 1. The molecule has 4 N–H and O–H groups in total. The van der Waals surface area contributed by atoms with Gasteiger partial charge in [0.2, 0.25) is 5.91 Å². The SMILES string of the molecule is C=CC(=O)N[C@@H]1CCCN(c2ncnc3[nH]cnc23)C1.O=S(=O)(O)O. The number of amides is 1. The topological polar surface area (TPSA) is 161 Å². The molecule has 2 aromatic rings. The monoisotopic (exact) mass is 370 g/mol. The molecule has 1 aliphatic heterocycles. The van der Waals surface area contributed by atoms with Crippen molar-refractivity contribution in [2.24, 2.45) is 0 Å². The summed E-state index contributed by atoms with van der Waals surface area (Å²) < 4.78 is 31.6. The van der Waals surface area contributed by atoms with Crippen molar-refractivity contribution in [2.75, 3.05) is 18.0 Å². The lowest BCUT2D eigenvalue weighted by molar-refractivity contribution is -0.117. The number of H-pyrrole nitrogens is 1. The van der Waals surface area contributed by atoms with Gasteiger partial charge in [0.25, 0.3) is 0 Å². The standard InChI is InChI=1S/C13H16N6O.H2O4S/c1-2-10(20)18-9-4-3-5-19(6-9)13-11-12(15-7-14-11)16-8-17-13;1-5(2,3)4/h2,7-9H,1,3-6H2,(H,18,20)(H,14,15,16,17);(H2,1,2,3,4)/t9-;/m1./s1. The van der Waals surface area contributed by atoms with E-state index in [1.54, 1.807) is 6.33 Å². The van der Waals surface area contributed by atoms with E-state index in [1.165, 1.54) is 12.4 Å². The summed E-state index contributed by atoms with van der Waals surface area (Å²) >= 11 is 0. The highest BCUT2D eigenvalue weighted by Crippen LogP contribution is 2.23. The molecule has 2 aromatic heterocycles. The van der Waals surface area contributed by atoms with Crippen molar-refractivity contribution in [1.82, 2.24) is 25.3 Å². The van der Waals surface area contributed by atoms with E-state index in [1.807, 2.05) is 0 Å². The molecule has 1 atom stereocenters. The Balaban J connectivity index is 0.000000399. The summed E-state index contributed by atoms with van der Waals surface area (Å²) in [5, 5.41) is 2.94. The Labute approximate surface area is 143 Å². The molecule has 0 unspecified atom stereocenters. The average Bonchev–Trinajstić information content (AvgIpc) is 3.02. The van der Waals surface area contributed by atoms with E-state index in [0.717, 1.165) is 42.9 Å². The van der Waals surface area contributed by atoms with Gasteiger partial charge in [-0.05, 0) is 18.9 Å². The third-order valence-corrected chi connectivity index (χ3v) is 3.45. The number of aromatic amines is 1. The summed E-state index contributed by atoms with van der Waals surface area (Å²) in [6.07, 6.45) is 6.41. The maximum Gasteiger partial charge on any atom is 0.394 e. The van der Waals surface area contributed by atoms with Crippen molar-refractivity contribution in [3.05, 3.63) is 25.3 Å². The van der Waals surface area contributed by atoms with E-state index in [0.29, 0.717) is 0 Å². The van der Waals surface area contributed by atoms with E-state index >= 15 is 0 Å². The molecule has 3 heterocycles. The van der Waals surface area contributed by atoms with Gasteiger partial charge in [-0.1, -0.05) is 6.58 Å². The third-order valence-electron chi connectivity index (χ3n) is 3.45. The summed E-state index contributed by atoms with van der Waals surface area (Å²) in [4.78, 5) is 29.3. The van der Waals surface area contributed by atoms with Gasteiger partial charge in [0.1, 0.15) is 11.8 Å². The molecule has 0 saturated carbocycles. The number of imidazole rings is 1. The maximum atomic E-state index is 11.4. The molecular weight excluding hydrogens is 352 g/mol.